The Labute approximate surface area is 94.3 Å². The fraction of sp³-hybridized carbons (Fsp3) is 0.778. The van der Waals surface area contributed by atoms with Crippen molar-refractivity contribution >= 4 is 23.7 Å². The second-order valence-corrected chi connectivity index (χ2v) is 3.26. The van der Waals surface area contributed by atoms with Crippen LogP contribution >= 0.6 is 11.6 Å². The molecule has 0 radical (unpaired) electrons. The molecule has 0 N–H and O–H groups in total. The van der Waals surface area contributed by atoms with E-state index in [-0.39, 0.29) is 19.0 Å². The second-order valence-electron chi connectivity index (χ2n) is 2.88. The van der Waals surface area contributed by atoms with Crippen molar-refractivity contribution in [2.75, 3.05) is 32.7 Å². The maximum absolute atomic E-state index is 11.1. The Hall–Kier alpha value is -0.970. The van der Waals surface area contributed by atoms with E-state index in [0.717, 1.165) is 11.3 Å². The van der Waals surface area contributed by atoms with Gasteiger partial charge in [0.1, 0.15) is 13.2 Å². The summed E-state index contributed by atoms with van der Waals surface area (Å²) in [7, 11) is 1.46. The maximum Gasteiger partial charge on any atom is 0.410 e. The van der Waals surface area contributed by atoms with Gasteiger partial charge < -0.3 is 14.4 Å². The van der Waals surface area contributed by atoms with Crippen LogP contribution in [-0.4, -0.2) is 49.6 Å². The molecule has 0 aliphatic carbocycles. The van der Waals surface area contributed by atoms with E-state index in [1.165, 1.54) is 7.05 Å². The highest BCUT2D eigenvalue weighted by molar-refractivity contribution is 6.18. The first kappa shape index (κ1) is 14.0. The quantitative estimate of drug-likeness (QED) is 0.515. The Morgan fingerprint density at radius 1 is 1.27 bits per heavy atom. The van der Waals surface area contributed by atoms with E-state index in [1.54, 1.807) is 0 Å². The highest BCUT2D eigenvalue weighted by atomic mass is 35.5. The van der Waals surface area contributed by atoms with Gasteiger partial charge in [-0.3, -0.25) is 4.79 Å². The van der Waals surface area contributed by atoms with E-state index in [2.05, 4.69) is 0 Å². The molecule has 0 atom stereocenters. The van der Waals surface area contributed by atoms with Crippen LogP contribution in [0, 0.1) is 0 Å². The number of ether oxygens (including phenoxy) is 2. The van der Waals surface area contributed by atoms with Crippen LogP contribution in [0.15, 0.2) is 0 Å². The van der Waals surface area contributed by atoms with E-state index >= 15 is 0 Å². The summed E-state index contributed by atoms with van der Waals surface area (Å²) >= 11 is 5.34. The average Bonchev–Trinajstić information content (AvgIpc) is 2.22. The predicted molar refractivity (Wildman–Crippen MR) is 55.9 cm³/mol. The molecule has 0 spiro atoms. The van der Waals surface area contributed by atoms with Crippen molar-refractivity contribution < 1.29 is 19.1 Å². The zero-order valence-electron chi connectivity index (χ0n) is 8.99. The molecule has 0 fully saturated rings. The number of carbonyl (C=O) groups excluding carboxylic acids is 2. The summed E-state index contributed by atoms with van der Waals surface area (Å²) in [6, 6.07) is 0. The molecule has 15 heavy (non-hydrogen) atoms. The van der Waals surface area contributed by atoms with Crippen molar-refractivity contribution in [3.05, 3.63) is 0 Å². The molecule has 0 aromatic rings. The molecule has 0 bridgehead atoms. The Morgan fingerprint density at radius 2 is 1.93 bits per heavy atom. The summed E-state index contributed by atoms with van der Waals surface area (Å²) in [5.41, 5.74) is 0. The predicted octanol–water partition coefficient (Wildman–Crippen LogP) is 1.25. The number of halogens is 1. The number of alkyl halides is 1. The van der Waals surface area contributed by atoms with Crippen LogP contribution in [-0.2, 0) is 14.3 Å². The molecule has 0 saturated heterocycles. The first-order valence-corrected chi connectivity index (χ1v) is 5.24. The van der Waals surface area contributed by atoms with Gasteiger partial charge in [-0.2, -0.15) is 0 Å². The summed E-state index contributed by atoms with van der Waals surface area (Å²) in [6.07, 6.45) is 0.177. The highest BCUT2D eigenvalue weighted by Gasteiger charge is 2.14. The van der Waals surface area contributed by atoms with E-state index in [1.807, 2.05) is 6.92 Å². The number of hydrogen-bond donors (Lipinski definition) is 0. The molecule has 0 saturated carbocycles. The SMILES string of the molecule is CCCOC(=O)CN(C)C(=O)OCCCl. The number of carbonyl (C=O) groups is 2. The summed E-state index contributed by atoms with van der Waals surface area (Å²) in [4.78, 5) is 23.4. The molecule has 1 amide bonds. The lowest BCUT2D eigenvalue weighted by Gasteiger charge is -2.15. The smallest absolute Gasteiger partial charge is 0.410 e. The van der Waals surface area contributed by atoms with E-state index in [9.17, 15) is 9.59 Å². The van der Waals surface area contributed by atoms with Gasteiger partial charge in [0, 0.05) is 7.05 Å². The van der Waals surface area contributed by atoms with Gasteiger partial charge in [0.05, 0.1) is 12.5 Å². The number of likely N-dealkylation sites (N-methyl/N-ethyl adjacent to an activating group) is 1. The summed E-state index contributed by atoms with van der Waals surface area (Å²) in [5, 5.41) is 0. The molecule has 0 aliphatic heterocycles. The van der Waals surface area contributed by atoms with Gasteiger partial charge in [0.25, 0.3) is 0 Å². The largest absolute Gasteiger partial charge is 0.464 e. The second kappa shape index (κ2) is 8.35. The van der Waals surface area contributed by atoms with Crippen LogP contribution < -0.4 is 0 Å². The van der Waals surface area contributed by atoms with Crippen LogP contribution in [0.25, 0.3) is 0 Å². The first-order chi connectivity index (χ1) is 7.11. The summed E-state index contributed by atoms with van der Waals surface area (Å²) in [6.45, 7) is 2.28. The minimum atomic E-state index is -0.580. The Bertz CT molecular complexity index is 210. The number of rotatable bonds is 6. The monoisotopic (exact) mass is 237 g/mol. The van der Waals surface area contributed by atoms with Crippen LogP contribution in [0.5, 0.6) is 0 Å². The molecule has 0 heterocycles. The summed E-state index contributed by atoms with van der Waals surface area (Å²) in [5.74, 6) is -0.206. The van der Waals surface area contributed by atoms with Gasteiger partial charge in [0.15, 0.2) is 0 Å². The van der Waals surface area contributed by atoms with Crippen LogP contribution in [0.1, 0.15) is 13.3 Å². The fourth-order valence-electron chi connectivity index (χ4n) is 0.756. The first-order valence-electron chi connectivity index (χ1n) is 4.71. The lowest BCUT2D eigenvalue weighted by Crippen LogP contribution is -2.33. The lowest BCUT2D eigenvalue weighted by atomic mass is 10.5. The van der Waals surface area contributed by atoms with Gasteiger partial charge in [0.2, 0.25) is 0 Å². The molecule has 0 aromatic heterocycles. The minimum absolute atomic E-state index is 0.110. The van der Waals surface area contributed by atoms with Crippen LogP contribution in [0.4, 0.5) is 4.79 Å². The van der Waals surface area contributed by atoms with E-state index < -0.39 is 12.1 Å². The summed E-state index contributed by atoms with van der Waals surface area (Å²) < 4.78 is 9.51. The number of nitrogens with zero attached hydrogens (tertiary/aromatic N) is 1. The lowest BCUT2D eigenvalue weighted by molar-refractivity contribution is -0.144. The molecule has 6 heteroatoms. The number of hydrogen-bond acceptors (Lipinski definition) is 4. The highest BCUT2D eigenvalue weighted by Crippen LogP contribution is 1.93. The van der Waals surface area contributed by atoms with Gasteiger partial charge in [-0.05, 0) is 6.42 Å². The topological polar surface area (TPSA) is 55.8 Å². The van der Waals surface area contributed by atoms with Crippen molar-refractivity contribution in [2.24, 2.45) is 0 Å². The third kappa shape index (κ3) is 7.02. The van der Waals surface area contributed by atoms with Crippen molar-refractivity contribution in [3.63, 3.8) is 0 Å². The molecule has 5 nitrogen and oxygen atoms in total. The number of esters is 1. The van der Waals surface area contributed by atoms with E-state index in [4.69, 9.17) is 21.1 Å². The third-order valence-corrected chi connectivity index (χ3v) is 1.60. The molecule has 0 aromatic carbocycles. The fourth-order valence-corrected chi connectivity index (χ4v) is 0.833. The molecule has 0 rings (SSSR count). The van der Waals surface area contributed by atoms with Gasteiger partial charge >= 0.3 is 12.1 Å². The van der Waals surface area contributed by atoms with Crippen molar-refractivity contribution in [1.82, 2.24) is 4.90 Å². The van der Waals surface area contributed by atoms with Crippen LogP contribution in [0.3, 0.4) is 0 Å². The minimum Gasteiger partial charge on any atom is -0.464 e. The zero-order chi connectivity index (χ0) is 11.7. The van der Waals surface area contributed by atoms with E-state index in [0.29, 0.717) is 6.61 Å². The molecular formula is C9H16ClNO4. The van der Waals surface area contributed by atoms with Crippen molar-refractivity contribution in [2.45, 2.75) is 13.3 Å². The van der Waals surface area contributed by atoms with Crippen molar-refractivity contribution in [1.29, 1.82) is 0 Å². The molecule has 0 unspecified atom stereocenters. The molecular weight excluding hydrogens is 222 g/mol. The third-order valence-electron chi connectivity index (χ3n) is 1.45. The Morgan fingerprint density at radius 3 is 2.47 bits per heavy atom. The Kier molecular flexibility index (Phi) is 7.81. The van der Waals surface area contributed by atoms with Crippen LogP contribution in [0.2, 0.25) is 0 Å². The van der Waals surface area contributed by atoms with Gasteiger partial charge in [-0.1, -0.05) is 6.92 Å². The Balaban J connectivity index is 3.75. The normalized spacial score (nSPS) is 9.53. The standard InChI is InChI=1S/C9H16ClNO4/c1-3-5-14-8(12)7-11(2)9(13)15-6-4-10/h3-7H2,1-2H3. The maximum atomic E-state index is 11.1. The zero-order valence-corrected chi connectivity index (χ0v) is 9.75. The average molecular weight is 238 g/mol. The van der Waals surface area contributed by atoms with Crippen molar-refractivity contribution in [3.8, 4) is 0 Å². The number of amides is 1. The molecule has 88 valence electrons. The van der Waals surface area contributed by atoms with Gasteiger partial charge in [-0.15, -0.1) is 11.6 Å². The molecule has 0 aliphatic rings. The van der Waals surface area contributed by atoms with Gasteiger partial charge in [-0.25, -0.2) is 4.79 Å².